The van der Waals surface area contributed by atoms with Gasteiger partial charge in [-0.3, -0.25) is 0 Å². The summed E-state index contributed by atoms with van der Waals surface area (Å²) in [6.45, 7) is 5.45. The Balaban J connectivity index is 2.13. The van der Waals surface area contributed by atoms with E-state index in [-0.39, 0.29) is 12.1 Å². The van der Waals surface area contributed by atoms with Gasteiger partial charge in [-0.15, -0.1) is 0 Å². The van der Waals surface area contributed by atoms with Crippen molar-refractivity contribution < 1.29 is 5.11 Å². The molecule has 1 aliphatic rings. The van der Waals surface area contributed by atoms with Gasteiger partial charge in [0.1, 0.15) is 0 Å². The van der Waals surface area contributed by atoms with Crippen LogP contribution in [0.1, 0.15) is 39.5 Å². The second kappa shape index (κ2) is 5.08. The Hall–Kier alpha value is -1.03. The van der Waals surface area contributed by atoms with Gasteiger partial charge in [0.15, 0.2) is 0 Å². The molecule has 0 spiro atoms. The van der Waals surface area contributed by atoms with Gasteiger partial charge in [-0.1, -0.05) is 19.8 Å². The molecule has 0 aliphatic heterocycles. The summed E-state index contributed by atoms with van der Waals surface area (Å²) in [5, 5.41) is 13.2. The van der Waals surface area contributed by atoms with Gasteiger partial charge in [0.2, 0.25) is 5.95 Å². The van der Waals surface area contributed by atoms with Crippen molar-refractivity contribution in [3.63, 3.8) is 0 Å². The zero-order valence-electron chi connectivity index (χ0n) is 10.8. The average molecular weight is 237 g/mol. The molecule has 1 aliphatic carbocycles. The zero-order valence-corrected chi connectivity index (χ0v) is 10.8. The zero-order chi connectivity index (χ0) is 12.3. The van der Waals surface area contributed by atoms with Crippen LogP contribution in [0, 0.1) is 5.92 Å². The molecule has 2 N–H and O–H groups in total. The first-order valence-electron chi connectivity index (χ1n) is 6.59. The Kier molecular flexibility index (Phi) is 3.72. The van der Waals surface area contributed by atoms with Crippen molar-refractivity contribution in [2.24, 2.45) is 5.92 Å². The summed E-state index contributed by atoms with van der Waals surface area (Å²) in [5.41, 5.74) is -0.171. The van der Waals surface area contributed by atoms with Crippen LogP contribution in [0.2, 0.25) is 0 Å². The minimum Gasteiger partial charge on any atom is -0.394 e. The molecule has 1 fully saturated rings. The maximum atomic E-state index is 9.72. The number of hydrogen-bond acceptors (Lipinski definition) is 3. The molecule has 1 saturated carbocycles. The van der Waals surface area contributed by atoms with E-state index in [0.717, 1.165) is 25.3 Å². The minimum atomic E-state index is -0.171. The van der Waals surface area contributed by atoms with Crippen molar-refractivity contribution in [1.82, 2.24) is 9.55 Å². The second-order valence-corrected chi connectivity index (χ2v) is 5.30. The lowest BCUT2D eigenvalue weighted by molar-refractivity contribution is 0.148. The monoisotopic (exact) mass is 237 g/mol. The number of anilines is 1. The van der Waals surface area contributed by atoms with Gasteiger partial charge in [-0.2, -0.15) is 0 Å². The van der Waals surface area contributed by atoms with Crippen molar-refractivity contribution in [2.45, 2.75) is 51.6 Å². The fraction of sp³-hybridized carbons (Fsp3) is 0.769. The Morgan fingerprint density at radius 2 is 2.47 bits per heavy atom. The predicted octanol–water partition coefficient (Wildman–Crippen LogP) is 2.26. The number of aryl methyl sites for hydroxylation is 1. The summed E-state index contributed by atoms with van der Waals surface area (Å²) < 4.78 is 2.08. The summed E-state index contributed by atoms with van der Waals surface area (Å²) >= 11 is 0. The van der Waals surface area contributed by atoms with Gasteiger partial charge in [-0.25, -0.2) is 4.98 Å². The highest BCUT2D eigenvalue weighted by Gasteiger charge is 2.35. The number of aliphatic hydroxyl groups is 1. The third-order valence-electron chi connectivity index (χ3n) is 3.83. The molecule has 1 aromatic rings. The number of imidazole rings is 1. The lowest BCUT2D eigenvalue weighted by Crippen LogP contribution is -2.46. The maximum Gasteiger partial charge on any atom is 0.203 e. The van der Waals surface area contributed by atoms with Crippen LogP contribution in [0.3, 0.4) is 0 Å². The van der Waals surface area contributed by atoms with Crippen LogP contribution in [0.5, 0.6) is 0 Å². The summed E-state index contributed by atoms with van der Waals surface area (Å²) in [6.07, 6.45) is 8.29. The van der Waals surface area contributed by atoms with Crippen LogP contribution in [-0.4, -0.2) is 26.8 Å². The first kappa shape index (κ1) is 12.4. The van der Waals surface area contributed by atoms with Crippen LogP contribution in [-0.2, 0) is 6.54 Å². The van der Waals surface area contributed by atoms with Crippen molar-refractivity contribution in [3.8, 4) is 0 Å². The molecule has 1 heterocycles. The molecule has 2 unspecified atom stereocenters. The number of hydrogen-bond donors (Lipinski definition) is 2. The largest absolute Gasteiger partial charge is 0.394 e. The normalized spacial score (nSPS) is 29.2. The molecule has 0 aromatic carbocycles. The maximum absolute atomic E-state index is 9.72. The first-order chi connectivity index (χ1) is 8.19. The SMILES string of the molecule is CCn1ccnc1NC1(CO)CCCC(C)C1. The smallest absolute Gasteiger partial charge is 0.203 e. The quantitative estimate of drug-likeness (QED) is 0.844. The standard InChI is InChI=1S/C13H23N3O/c1-3-16-8-7-14-12(16)15-13(10-17)6-4-5-11(2)9-13/h7-8,11,17H,3-6,9-10H2,1-2H3,(H,14,15). The number of aliphatic hydroxyl groups excluding tert-OH is 1. The van der Waals surface area contributed by atoms with Crippen LogP contribution in [0.15, 0.2) is 12.4 Å². The molecule has 4 heteroatoms. The third kappa shape index (κ3) is 2.63. The van der Waals surface area contributed by atoms with Crippen molar-refractivity contribution in [2.75, 3.05) is 11.9 Å². The van der Waals surface area contributed by atoms with Gasteiger partial charge in [0, 0.05) is 18.9 Å². The Morgan fingerprint density at radius 1 is 1.65 bits per heavy atom. The van der Waals surface area contributed by atoms with Gasteiger partial charge in [0.05, 0.1) is 12.1 Å². The van der Waals surface area contributed by atoms with Crippen LogP contribution in [0.25, 0.3) is 0 Å². The van der Waals surface area contributed by atoms with E-state index in [0.29, 0.717) is 5.92 Å². The van der Waals surface area contributed by atoms with Gasteiger partial charge < -0.3 is 15.0 Å². The van der Waals surface area contributed by atoms with E-state index in [1.165, 1.54) is 12.8 Å². The molecule has 0 saturated heterocycles. The predicted molar refractivity (Wildman–Crippen MR) is 69.0 cm³/mol. The molecule has 4 nitrogen and oxygen atoms in total. The van der Waals surface area contributed by atoms with E-state index in [2.05, 4.69) is 28.7 Å². The van der Waals surface area contributed by atoms with Crippen LogP contribution < -0.4 is 5.32 Å². The number of rotatable bonds is 4. The summed E-state index contributed by atoms with van der Waals surface area (Å²) in [6, 6.07) is 0. The van der Waals surface area contributed by atoms with Gasteiger partial charge in [-0.05, 0) is 25.7 Å². The van der Waals surface area contributed by atoms with Crippen LogP contribution in [0.4, 0.5) is 5.95 Å². The Morgan fingerprint density at radius 3 is 3.12 bits per heavy atom. The summed E-state index contributed by atoms with van der Waals surface area (Å²) in [4.78, 5) is 4.34. The Bertz CT molecular complexity index is 363. The molecular formula is C13H23N3O. The van der Waals surface area contributed by atoms with E-state index < -0.39 is 0 Å². The van der Waals surface area contributed by atoms with Crippen molar-refractivity contribution >= 4 is 5.95 Å². The molecule has 2 atom stereocenters. The Labute approximate surface area is 103 Å². The summed E-state index contributed by atoms with van der Waals surface area (Å²) in [7, 11) is 0. The molecule has 0 radical (unpaired) electrons. The van der Waals surface area contributed by atoms with E-state index in [1.54, 1.807) is 0 Å². The molecule has 2 rings (SSSR count). The highest BCUT2D eigenvalue weighted by Crippen LogP contribution is 2.34. The summed E-state index contributed by atoms with van der Waals surface area (Å²) in [5.74, 6) is 1.56. The molecular weight excluding hydrogens is 214 g/mol. The number of aromatic nitrogens is 2. The average Bonchev–Trinajstić information content (AvgIpc) is 2.76. The molecule has 0 amide bonds. The molecule has 96 valence electrons. The molecule has 0 bridgehead atoms. The van der Waals surface area contributed by atoms with Gasteiger partial charge in [0.25, 0.3) is 0 Å². The number of nitrogens with zero attached hydrogens (tertiary/aromatic N) is 2. The third-order valence-corrected chi connectivity index (χ3v) is 3.83. The highest BCUT2D eigenvalue weighted by molar-refractivity contribution is 5.31. The van der Waals surface area contributed by atoms with E-state index >= 15 is 0 Å². The molecule has 17 heavy (non-hydrogen) atoms. The van der Waals surface area contributed by atoms with Gasteiger partial charge >= 0.3 is 0 Å². The van der Waals surface area contributed by atoms with E-state index in [9.17, 15) is 5.11 Å². The fourth-order valence-corrected chi connectivity index (χ4v) is 2.88. The highest BCUT2D eigenvalue weighted by atomic mass is 16.3. The van der Waals surface area contributed by atoms with Crippen molar-refractivity contribution in [1.29, 1.82) is 0 Å². The van der Waals surface area contributed by atoms with E-state index in [1.807, 2.05) is 12.4 Å². The van der Waals surface area contributed by atoms with Crippen molar-refractivity contribution in [3.05, 3.63) is 12.4 Å². The lowest BCUT2D eigenvalue weighted by Gasteiger charge is -2.39. The van der Waals surface area contributed by atoms with Crippen LogP contribution >= 0.6 is 0 Å². The second-order valence-electron chi connectivity index (χ2n) is 5.30. The number of nitrogens with one attached hydrogen (secondary N) is 1. The van der Waals surface area contributed by atoms with E-state index in [4.69, 9.17) is 0 Å². The molecule has 1 aromatic heterocycles. The fourth-order valence-electron chi connectivity index (χ4n) is 2.88. The topological polar surface area (TPSA) is 50.1 Å². The lowest BCUT2D eigenvalue weighted by atomic mass is 9.77. The minimum absolute atomic E-state index is 0.171. The first-order valence-corrected chi connectivity index (χ1v) is 6.59.